The predicted molar refractivity (Wildman–Crippen MR) is 116 cm³/mol. The Hall–Kier alpha value is -3.88. The van der Waals surface area contributed by atoms with Crippen LogP contribution in [0.5, 0.6) is 0 Å². The van der Waals surface area contributed by atoms with Crippen molar-refractivity contribution < 1.29 is 9.32 Å². The van der Waals surface area contributed by atoms with Crippen LogP contribution in [-0.2, 0) is 6.42 Å². The number of aromatic nitrogens is 6. The van der Waals surface area contributed by atoms with E-state index in [1.54, 1.807) is 29.5 Å². The molecule has 1 saturated heterocycles. The summed E-state index contributed by atoms with van der Waals surface area (Å²) in [4.78, 5) is 27.9. The summed E-state index contributed by atoms with van der Waals surface area (Å²) in [5.74, 6) is 1.26. The molecule has 162 valence electrons. The molecule has 1 aromatic carbocycles. The average Bonchev–Trinajstić information content (AvgIpc) is 3.46. The van der Waals surface area contributed by atoms with Crippen molar-refractivity contribution >= 4 is 5.91 Å². The van der Waals surface area contributed by atoms with Gasteiger partial charge in [0.2, 0.25) is 11.7 Å². The third-order valence-corrected chi connectivity index (χ3v) is 5.77. The Morgan fingerprint density at radius 1 is 1.19 bits per heavy atom. The minimum Gasteiger partial charge on any atom is -0.339 e. The van der Waals surface area contributed by atoms with Crippen LogP contribution in [-0.4, -0.2) is 53.8 Å². The first-order chi connectivity index (χ1) is 15.7. The molecule has 0 spiro atoms. The second-order valence-electron chi connectivity index (χ2n) is 7.96. The van der Waals surface area contributed by atoms with Crippen LogP contribution in [0.2, 0.25) is 0 Å². The van der Waals surface area contributed by atoms with Crippen molar-refractivity contribution in [3.63, 3.8) is 0 Å². The lowest BCUT2D eigenvalue weighted by atomic mass is 9.94. The highest BCUT2D eigenvalue weighted by molar-refractivity contribution is 5.95. The number of nitrogens with zero attached hydrogens (tertiary/aromatic N) is 7. The lowest BCUT2D eigenvalue weighted by Crippen LogP contribution is -2.40. The highest BCUT2D eigenvalue weighted by atomic mass is 16.5. The second-order valence-corrected chi connectivity index (χ2v) is 7.96. The molecule has 1 aliphatic rings. The summed E-state index contributed by atoms with van der Waals surface area (Å²) >= 11 is 0. The zero-order valence-corrected chi connectivity index (χ0v) is 17.8. The normalized spacial score (nSPS) is 16.3. The third-order valence-electron chi connectivity index (χ3n) is 5.77. The largest absolute Gasteiger partial charge is 0.339 e. The van der Waals surface area contributed by atoms with E-state index in [-0.39, 0.29) is 11.8 Å². The molecule has 5 rings (SSSR count). The minimum atomic E-state index is 0.0140. The first-order valence-corrected chi connectivity index (χ1v) is 10.7. The molecular formula is C23H23N7O2. The van der Waals surface area contributed by atoms with Crippen LogP contribution < -0.4 is 0 Å². The molecule has 4 heterocycles. The summed E-state index contributed by atoms with van der Waals surface area (Å²) < 4.78 is 7.23. The van der Waals surface area contributed by atoms with Crippen LogP contribution in [0, 0.1) is 12.8 Å². The van der Waals surface area contributed by atoms with Gasteiger partial charge >= 0.3 is 0 Å². The quantitative estimate of drug-likeness (QED) is 0.480. The molecule has 0 N–H and O–H groups in total. The molecule has 0 saturated carbocycles. The number of amides is 1. The number of hydrogen-bond acceptors (Lipinski definition) is 7. The highest BCUT2D eigenvalue weighted by Gasteiger charge is 2.28. The van der Waals surface area contributed by atoms with Crippen LogP contribution >= 0.6 is 0 Å². The van der Waals surface area contributed by atoms with E-state index in [0.717, 1.165) is 30.8 Å². The monoisotopic (exact) mass is 429 g/mol. The van der Waals surface area contributed by atoms with Crippen molar-refractivity contribution in [1.82, 2.24) is 34.8 Å². The molecular weight excluding hydrogens is 406 g/mol. The predicted octanol–water partition coefficient (Wildman–Crippen LogP) is 3.12. The van der Waals surface area contributed by atoms with Gasteiger partial charge in [0.05, 0.1) is 29.3 Å². The van der Waals surface area contributed by atoms with Gasteiger partial charge in [-0.1, -0.05) is 23.4 Å². The molecule has 3 aromatic heterocycles. The zero-order chi connectivity index (χ0) is 21.9. The molecule has 0 radical (unpaired) electrons. The van der Waals surface area contributed by atoms with Crippen LogP contribution in [0.1, 0.15) is 34.8 Å². The minimum absolute atomic E-state index is 0.0140. The van der Waals surface area contributed by atoms with Gasteiger partial charge in [0, 0.05) is 31.9 Å². The van der Waals surface area contributed by atoms with E-state index in [2.05, 4.69) is 25.2 Å². The van der Waals surface area contributed by atoms with Crippen molar-refractivity contribution in [3.05, 3.63) is 72.3 Å². The molecule has 0 bridgehead atoms. The summed E-state index contributed by atoms with van der Waals surface area (Å²) in [7, 11) is 0. The van der Waals surface area contributed by atoms with Gasteiger partial charge in [0.1, 0.15) is 5.69 Å². The SMILES string of the molecule is Cc1c(C(=O)N2CCC[C@H](Cc3nc(-c4cnccn4)no3)C2)cnn1-c1ccccc1. The van der Waals surface area contributed by atoms with Crippen molar-refractivity contribution in [2.24, 2.45) is 5.92 Å². The number of para-hydroxylation sites is 1. The molecule has 1 fully saturated rings. The maximum absolute atomic E-state index is 13.3. The van der Waals surface area contributed by atoms with E-state index >= 15 is 0 Å². The smallest absolute Gasteiger partial charge is 0.257 e. The number of carbonyl (C=O) groups is 1. The van der Waals surface area contributed by atoms with E-state index in [1.165, 1.54) is 0 Å². The van der Waals surface area contributed by atoms with Crippen LogP contribution in [0.3, 0.4) is 0 Å². The number of rotatable bonds is 5. The molecule has 0 unspecified atom stereocenters. The van der Waals surface area contributed by atoms with Gasteiger partial charge in [-0.05, 0) is 37.8 Å². The van der Waals surface area contributed by atoms with Gasteiger partial charge in [0.25, 0.3) is 5.91 Å². The summed E-state index contributed by atoms with van der Waals surface area (Å²) in [5, 5.41) is 8.46. The number of piperidine rings is 1. The number of carbonyl (C=O) groups excluding carboxylic acids is 1. The number of likely N-dealkylation sites (tertiary alicyclic amines) is 1. The fourth-order valence-electron chi connectivity index (χ4n) is 4.14. The fourth-order valence-corrected chi connectivity index (χ4v) is 4.14. The van der Waals surface area contributed by atoms with Crippen LogP contribution in [0.4, 0.5) is 0 Å². The number of benzene rings is 1. The van der Waals surface area contributed by atoms with Crippen LogP contribution in [0.25, 0.3) is 17.2 Å². The first kappa shape index (κ1) is 20.0. The Morgan fingerprint density at radius 2 is 2.06 bits per heavy atom. The number of hydrogen-bond donors (Lipinski definition) is 0. The lowest BCUT2D eigenvalue weighted by Gasteiger charge is -2.32. The Morgan fingerprint density at radius 3 is 2.88 bits per heavy atom. The summed E-state index contributed by atoms with van der Waals surface area (Å²) in [6, 6.07) is 9.83. The fraction of sp³-hybridized carbons (Fsp3) is 0.304. The van der Waals surface area contributed by atoms with Gasteiger partial charge in [-0.3, -0.25) is 9.78 Å². The highest BCUT2D eigenvalue weighted by Crippen LogP contribution is 2.24. The van der Waals surface area contributed by atoms with Crippen molar-refractivity contribution in [2.45, 2.75) is 26.2 Å². The molecule has 4 aromatic rings. The van der Waals surface area contributed by atoms with E-state index < -0.39 is 0 Å². The van der Waals surface area contributed by atoms with Gasteiger partial charge in [0.15, 0.2) is 0 Å². The van der Waals surface area contributed by atoms with Crippen molar-refractivity contribution in [1.29, 1.82) is 0 Å². The van der Waals surface area contributed by atoms with E-state index in [9.17, 15) is 4.79 Å². The maximum atomic E-state index is 13.3. The molecule has 1 atom stereocenters. The van der Waals surface area contributed by atoms with Crippen LogP contribution in [0.15, 0.2) is 59.6 Å². The second kappa shape index (κ2) is 8.70. The topological polar surface area (TPSA) is 103 Å². The summed E-state index contributed by atoms with van der Waals surface area (Å²) in [6.45, 7) is 3.32. The Labute approximate surface area is 185 Å². The Bertz CT molecular complexity index is 1200. The zero-order valence-electron chi connectivity index (χ0n) is 17.8. The van der Waals surface area contributed by atoms with E-state index in [0.29, 0.717) is 35.9 Å². The third kappa shape index (κ3) is 4.01. The molecule has 1 amide bonds. The first-order valence-electron chi connectivity index (χ1n) is 10.7. The standard InChI is InChI=1S/C23H23N7O2/c1-16-19(13-26-30(16)18-7-3-2-4-8-18)23(31)29-11-5-6-17(15-29)12-21-27-22(28-32-21)20-14-24-9-10-25-20/h2-4,7-10,13-14,17H,5-6,11-12,15H2,1H3/t17-/m1/s1. The molecule has 0 aliphatic carbocycles. The Balaban J connectivity index is 1.27. The lowest BCUT2D eigenvalue weighted by molar-refractivity contribution is 0.0667. The van der Waals surface area contributed by atoms with Gasteiger partial charge in [-0.2, -0.15) is 10.1 Å². The van der Waals surface area contributed by atoms with E-state index in [1.807, 2.05) is 42.2 Å². The van der Waals surface area contributed by atoms with E-state index in [4.69, 9.17) is 4.52 Å². The summed E-state index contributed by atoms with van der Waals surface area (Å²) in [5.41, 5.74) is 3.00. The molecule has 9 nitrogen and oxygen atoms in total. The Kier molecular flexibility index (Phi) is 5.45. The molecule has 32 heavy (non-hydrogen) atoms. The van der Waals surface area contributed by atoms with Gasteiger partial charge < -0.3 is 9.42 Å². The summed E-state index contributed by atoms with van der Waals surface area (Å²) in [6.07, 6.45) is 9.04. The van der Waals surface area contributed by atoms with Gasteiger partial charge in [-0.25, -0.2) is 9.67 Å². The maximum Gasteiger partial charge on any atom is 0.257 e. The van der Waals surface area contributed by atoms with Gasteiger partial charge in [-0.15, -0.1) is 0 Å². The van der Waals surface area contributed by atoms with Crippen molar-refractivity contribution in [3.8, 4) is 17.2 Å². The average molecular weight is 429 g/mol. The molecule has 9 heteroatoms. The van der Waals surface area contributed by atoms with Crippen molar-refractivity contribution in [2.75, 3.05) is 13.1 Å². The molecule has 1 aliphatic heterocycles.